The van der Waals surface area contributed by atoms with Crippen molar-refractivity contribution < 1.29 is 34.0 Å². The molecule has 0 aromatic heterocycles. The average molecular weight is 492 g/mol. The maximum absolute atomic E-state index is 13.9. The summed E-state index contributed by atoms with van der Waals surface area (Å²) in [6.07, 6.45) is -0.162. The van der Waals surface area contributed by atoms with Gasteiger partial charge < -0.3 is 21.1 Å². The zero-order valence-electron chi connectivity index (χ0n) is 20.2. The topological polar surface area (TPSA) is 152 Å². The van der Waals surface area contributed by atoms with Crippen LogP contribution in [-0.2, 0) is 29.5 Å². The molecule has 0 saturated carbocycles. The molecular formula is C26H27N4O6+. The van der Waals surface area contributed by atoms with Crippen molar-refractivity contribution in [3.63, 3.8) is 0 Å². The molecule has 4 amide bonds. The maximum atomic E-state index is 13.9. The van der Waals surface area contributed by atoms with Crippen LogP contribution < -0.4 is 21.3 Å². The third-order valence-corrected chi connectivity index (χ3v) is 7.65. The third kappa shape index (κ3) is 3.17. The molecule has 3 aliphatic rings. The highest BCUT2D eigenvalue weighted by Gasteiger charge is 2.74. The first-order valence-electron chi connectivity index (χ1n) is 11.8. The van der Waals surface area contributed by atoms with Gasteiger partial charge in [-0.3, -0.25) is 19.2 Å². The van der Waals surface area contributed by atoms with Gasteiger partial charge in [0.15, 0.2) is 0 Å². The van der Waals surface area contributed by atoms with Crippen molar-refractivity contribution in [3.05, 3.63) is 58.7 Å². The van der Waals surface area contributed by atoms with E-state index in [0.717, 1.165) is 16.0 Å². The molecule has 0 aliphatic carbocycles. The fourth-order valence-corrected chi connectivity index (χ4v) is 5.92. The summed E-state index contributed by atoms with van der Waals surface area (Å²) in [6.45, 7) is 5.73. The number of nitrogens with one attached hydrogen (secondary N) is 1. The molecule has 4 atom stereocenters. The molecule has 2 saturated heterocycles. The Kier molecular flexibility index (Phi) is 5.44. The molecule has 5 N–H and O–H groups in total. The number of anilines is 2. The van der Waals surface area contributed by atoms with Crippen LogP contribution in [0.1, 0.15) is 40.4 Å². The summed E-state index contributed by atoms with van der Waals surface area (Å²) in [4.78, 5) is 66.2. The molecular weight excluding hydrogens is 464 g/mol. The lowest BCUT2D eigenvalue weighted by Crippen LogP contribution is -2.99. The van der Waals surface area contributed by atoms with Crippen molar-refractivity contribution in [1.29, 1.82) is 0 Å². The lowest BCUT2D eigenvalue weighted by atomic mass is 9.76. The monoisotopic (exact) mass is 491 g/mol. The lowest BCUT2D eigenvalue weighted by molar-refractivity contribution is -0.732. The first-order valence-corrected chi connectivity index (χ1v) is 11.8. The van der Waals surface area contributed by atoms with Gasteiger partial charge in [0.1, 0.15) is 17.9 Å². The number of carbonyl (C=O) groups excluding carboxylic acids is 5. The molecule has 10 nitrogen and oxygen atoms in total. The SMILES string of the molecule is CCOC(=O)c1ccc(N2C(=O)[C@H]3[C@@H](CC(N)=O)[NH2+][C@@]4(C(=O)Nc5c4ccc(C)c5C)[C@H]3C2=O)cc1. The molecule has 2 aromatic rings. The van der Waals surface area contributed by atoms with Crippen molar-refractivity contribution in [3.8, 4) is 0 Å². The second kappa shape index (κ2) is 8.27. The Morgan fingerprint density at radius 2 is 1.78 bits per heavy atom. The molecule has 1 spiro atoms. The second-order valence-corrected chi connectivity index (χ2v) is 9.54. The number of imide groups is 1. The maximum Gasteiger partial charge on any atom is 0.338 e. The molecule has 3 aliphatic heterocycles. The minimum atomic E-state index is -1.40. The van der Waals surface area contributed by atoms with Gasteiger partial charge in [-0.25, -0.2) is 9.69 Å². The molecule has 10 heteroatoms. The van der Waals surface area contributed by atoms with Crippen LogP contribution in [0.3, 0.4) is 0 Å². The molecule has 2 fully saturated rings. The van der Waals surface area contributed by atoms with Crippen LogP contribution in [0.2, 0.25) is 0 Å². The predicted molar refractivity (Wildman–Crippen MR) is 128 cm³/mol. The number of carbonyl (C=O) groups is 5. The van der Waals surface area contributed by atoms with Crippen LogP contribution in [0.25, 0.3) is 0 Å². The normalized spacial score (nSPS) is 26.2. The molecule has 0 bridgehead atoms. The number of fused-ring (bicyclic) bond motifs is 4. The van der Waals surface area contributed by atoms with Gasteiger partial charge in [0, 0.05) is 5.56 Å². The van der Waals surface area contributed by atoms with Gasteiger partial charge in [0.25, 0.3) is 5.91 Å². The number of aryl methyl sites for hydroxylation is 1. The molecule has 36 heavy (non-hydrogen) atoms. The Morgan fingerprint density at radius 1 is 1.08 bits per heavy atom. The van der Waals surface area contributed by atoms with E-state index in [-0.39, 0.29) is 24.3 Å². The van der Waals surface area contributed by atoms with Gasteiger partial charge in [-0.2, -0.15) is 0 Å². The smallest absolute Gasteiger partial charge is 0.338 e. The fraction of sp³-hybridized carbons (Fsp3) is 0.346. The number of hydrogen-bond acceptors (Lipinski definition) is 6. The zero-order valence-corrected chi connectivity index (χ0v) is 20.2. The summed E-state index contributed by atoms with van der Waals surface area (Å²) in [7, 11) is 0. The van der Waals surface area contributed by atoms with E-state index in [0.29, 0.717) is 11.3 Å². The van der Waals surface area contributed by atoms with Crippen LogP contribution in [-0.4, -0.2) is 42.2 Å². The standard InChI is InChI=1S/C26H26N4O6/c1-4-36-24(34)14-6-8-15(9-7-14)30-22(32)19-17(11-18(27)31)29-26(20(19)23(30)33)16-10-5-12(2)13(3)21(16)28-25(26)35/h5-10,17,19-20,29H,4,11H2,1-3H3,(H2,27,31)(H,28,35)/p+1/t17-,19+,20-,26-/m1/s1. The van der Waals surface area contributed by atoms with Gasteiger partial charge in [-0.1, -0.05) is 6.07 Å². The largest absolute Gasteiger partial charge is 0.462 e. The number of nitrogens with two attached hydrogens (primary N) is 2. The van der Waals surface area contributed by atoms with Crippen molar-refractivity contribution in [2.45, 2.75) is 38.8 Å². The summed E-state index contributed by atoms with van der Waals surface area (Å²) in [6, 6.07) is 8.96. The number of primary amides is 1. The van der Waals surface area contributed by atoms with Crippen LogP contribution in [0, 0.1) is 25.7 Å². The second-order valence-electron chi connectivity index (χ2n) is 9.54. The number of nitrogens with zero attached hydrogens (tertiary/aromatic N) is 1. The minimum absolute atomic E-state index is 0.162. The van der Waals surface area contributed by atoms with Gasteiger partial charge in [-0.05, 0) is 62.2 Å². The van der Waals surface area contributed by atoms with E-state index < -0.39 is 53.0 Å². The van der Waals surface area contributed by atoms with E-state index in [4.69, 9.17) is 10.5 Å². The molecule has 0 radical (unpaired) electrons. The van der Waals surface area contributed by atoms with E-state index in [1.807, 2.05) is 26.0 Å². The summed E-state index contributed by atoms with van der Waals surface area (Å²) in [5.74, 6) is -4.51. The Bertz CT molecular complexity index is 1340. The molecule has 186 valence electrons. The molecule has 5 rings (SSSR count). The average Bonchev–Trinajstić information content (AvgIpc) is 3.41. The van der Waals surface area contributed by atoms with Crippen LogP contribution in [0.15, 0.2) is 36.4 Å². The van der Waals surface area contributed by atoms with Crippen molar-refractivity contribution in [2.75, 3.05) is 16.8 Å². The Morgan fingerprint density at radius 3 is 2.42 bits per heavy atom. The van der Waals surface area contributed by atoms with Crippen LogP contribution in [0.5, 0.6) is 0 Å². The number of benzene rings is 2. The fourth-order valence-electron chi connectivity index (χ4n) is 5.92. The number of esters is 1. The Labute approximate surface area is 207 Å². The number of amides is 4. The van der Waals surface area contributed by atoms with E-state index in [1.165, 1.54) is 24.3 Å². The van der Waals surface area contributed by atoms with Gasteiger partial charge in [0.2, 0.25) is 23.3 Å². The molecule has 2 aromatic carbocycles. The highest BCUT2D eigenvalue weighted by atomic mass is 16.5. The van der Waals surface area contributed by atoms with E-state index in [9.17, 15) is 24.0 Å². The van der Waals surface area contributed by atoms with E-state index in [1.54, 1.807) is 12.2 Å². The lowest BCUT2D eigenvalue weighted by Gasteiger charge is -2.26. The summed E-state index contributed by atoms with van der Waals surface area (Å²) >= 11 is 0. The third-order valence-electron chi connectivity index (χ3n) is 7.65. The first kappa shape index (κ1) is 23.7. The Balaban J connectivity index is 1.60. The first-order chi connectivity index (χ1) is 17.1. The molecule has 3 heterocycles. The van der Waals surface area contributed by atoms with Crippen molar-refractivity contribution in [2.24, 2.45) is 17.6 Å². The minimum Gasteiger partial charge on any atom is -0.462 e. The predicted octanol–water partition coefficient (Wildman–Crippen LogP) is 0.254. The number of quaternary nitrogens is 1. The van der Waals surface area contributed by atoms with E-state index >= 15 is 0 Å². The van der Waals surface area contributed by atoms with Crippen LogP contribution >= 0.6 is 0 Å². The van der Waals surface area contributed by atoms with E-state index in [2.05, 4.69) is 5.32 Å². The number of hydrogen-bond donors (Lipinski definition) is 3. The van der Waals surface area contributed by atoms with Crippen molar-refractivity contribution >= 4 is 41.0 Å². The highest BCUT2D eigenvalue weighted by molar-refractivity contribution is 6.25. The van der Waals surface area contributed by atoms with Crippen molar-refractivity contribution in [1.82, 2.24) is 0 Å². The van der Waals surface area contributed by atoms with Gasteiger partial charge in [0.05, 0.1) is 30.0 Å². The summed E-state index contributed by atoms with van der Waals surface area (Å²) in [5, 5.41) is 4.61. The van der Waals surface area contributed by atoms with Gasteiger partial charge >= 0.3 is 5.97 Å². The highest BCUT2D eigenvalue weighted by Crippen LogP contribution is 2.51. The number of rotatable bonds is 5. The molecule has 0 unspecified atom stereocenters. The summed E-state index contributed by atoms with van der Waals surface area (Å²) < 4.78 is 4.99. The van der Waals surface area contributed by atoms with Crippen LogP contribution in [0.4, 0.5) is 11.4 Å². The number of ether oxygens (including phenoxy) is 1. The Hall–Kier alpha value is -4.05. The quantitative estimate of drug-likeness (QED) is 0.403. The zero-order chi connectivity index (χ0) is 25.9. The van der Waals surface area contributed by atoms with Gasteiger partial charge in [-0.15, -0.1) is 0 Å². The summed E-state index contributed by atoms with van der Waals surface area (Å²) in [5.41, 5.74) is 7.77.